The highest BCUT2D eigenvalue weighted by Gasteiger charge is 2.30. The molecule has 0 amide bonds. The molecule has 1 aliphatic rings. The molecule has 0 aliphatic carbocycles. The molecule has 5 heteroatoms. The maximum Gasteiger partial charge on any atom is 0.271 e. The molecule has 0 atom stereocenters. The molecule has 0 aromatic heterocycles. The SMILES string of the molecule is CN1CC(C)(C)Oc2ccc([N+](=O)[O-])cc21. The third kappa shape index (κ3) is 1.80. The van der Waals surface area contributed by atoms with Crippen LogP contribution in [0.3, 0.4) is 0 Å². The number of nitro groups is 1. The molecule has 1 heterocycles. The number of ether oxygens (including phenoxy) is 1. The number of benzene rings is 1. The first-order valence-corrected chi connectivity index (χ1v) is 5.08. The number of rotatable bonds is 1. The molecule has 0 unspecified atom stereocenters. The number of hydrogen-bond donors (Lipinski definition) is 0. The molecular weight excluding hydrogens is 208 g/mol. The molecule has 0 bridgehead atoms. The van der Waals surface area contributed by atoms with Crippen molar-refractivity contribution in [2.24, 2.45) is 0 Å². The number of fused-ring (bicyclic) bond motifs is 1. The summed E-state index contributed by atoms with van der Waals surface area (Å²) in [5, 5.41) is 10.7. The van der Waals surface area contributed by atoms with Crippen molar-refractivity contribution in [2.75, 3.05) is 18.5 Å². The van der Waals surface area contributed by atoms with Crippen LogP contribution in [-0.2, 0) is 0 Å². The van der Waals surface area contributed by atoms with Crippen LogP contribution in [0.4, 0.5) is 11.4 Å². The topological polar surface area (TPSA) is 55.6 Å². The Labute approximate surface area is 93.8 Å². The van der Waals surface area contributed by atoms with Crippen LogP contribution in [0.5, 0.6) is 5.75 Å². The van der Waals surface area contributed by atoms with Gasteiger partial charge in [0.2, 0.25) is 0 Å². The third-order valence-electron chi connectivity index (χ3n) is 2.57. The summed E-state index contributed by atoms with van der Waals surface area (Å²) >= 11 is 0. The zero-order valence-electron chi connectivity index (χ0n) is 9.56. The van der Waals surface area contributed by atoms with E-state index in [1.165, 1.54) is 6.07 Å². The van der Waals surface area contributed by atoms with Crippen LogP contribution in [-0.4, -0.2) is 24.1 Å². The second-order valence-corrected chi connectivity index (χ2v) is 4.63. The van der Waals surface area contributed by atoms with Crippen LogP contribution in [0, 0.1) is 10.1 Å². The van der Waals surface area contributed by atoms with Gasteiger partial charge in [-0.2, -0.15) is 0 Å². The Bertz CT molecular complexity index is 443. The Balaban J connectivity index is 2.45. The van der Waals surface area contributed by atoms with Crippen molar-refractivity contribution >= 4 is 11.4 Å². The van der Waals surface area contributed by atoms with Gasteiger partial charge in [-0.05, 0) is 19.9 Å². The van der Waals surface area contributed by atoms with Crippen molar-refractivity contribution in [3.8, 4) is 5.75 Å². The van der Waals surface area contributed by atoms with Gasteiger partial charge >= 0.3 is 0 Å². The van der Waals surface area contributed by atoms with E-state index in [4.69, 9.17) is 4.74 Å². The number of non-ortho nitro benzene ring substituents is 1. The van der Waals surface area contributed by atoms with Gasteiger partial charge in [0.25, 0.3) is 5.69 Å². The first-order valence-electron chi connectivity index (χ1n) is 5.08. The largest absolute Gasteiger partial charge is 0.484 e. The Kier molecular flexibility index (Phi) is 2.26. The molecule has 1 aliphatic heterocycles. The highest BCUT2D eigenvalue weighted by molar-refractivity contribution is 5.64. The van der Waals surface area contributed by atoms with Crippen LogP contribution >= 0.6 is 0 Å². The van der Waals surface area contributed by atoms with Gasteiger partial charge in [-0.25, -0.2) is 0 Å². The first-order chi connectivity index (χ1) is 7.39. The Hall–Kier alpha value is -1.78. The van der Waals surface area contributed by atoms with Crippen LogP contribution in [0.2, 0.25) is 0 Å². The lowest BCUT2D eigenvalue weighted by molar-refractivity contribution is -0.384. The van der Waals surface area contributed by atoms with E-state index in [9.17, 15) is 10.1 Å². The Morgan fingerprint density at radius 3 is 2.81 bits per heavy atom. The molecule has 0 radical (unpaired) electrons. The summed E-state index contributed by atoms with van der Waals surface area (Å²) in [6.45, 7) is 4.70. The lowest BCUT2D eigenvalue weighted by Crippen LogP contribution is -2.45. The quantitative estimate of drug-likeness (QED) is 0.540. The third-order valence-corrected chi connectivity index (χ3v) is 2.57. The summed E-state index contributed by atoms with van der Waals surface area (Å²) in [6, 6.07) is 4.67. The van der Waals surface area contributed by atoms with E-state index in [1.54, 1.807) is 12.1 Å². The maximum atomic E-state index is 10.7. The van der Waals surface area contributed by atoms with E-state index in [0.717, 1.165) is 5.69 Å². The molecule has 0 saturated carbocycles. The second kappa shape index (κ2) is 3.37. The van der Waals surface area contributed by atoms with Gasteiger partial charge in [-0.1, -0.05) is 0 Å². The van der Waals surface area contributed by atoms with Crippen molar-refractivity contribution in [1.82, 2.24) is 0 Å². The Morgan fingerprint density at radius 1 is 1.50 bits per heavy atom. The normalized spacial score (nSPS) is 17.6. The van der Waals surface area contributed by atoms with Crippen LogP contribution in [0.15, 0.2) is 18.2 Å². The fraction of sp³-hybridized carbons (Fsp3) is 0.455. The van der Waals surface area contributed by atoms with Gasteiger partial charge in [0.05, 0.1) is 17.2 Å². The molecule has 1 aromatic carbocycles. The van der Waals surface area contributed by atoms with E-state index < -0.39 is 4.92 Å². The molecule has 2 rings (SSSR count). The van der Waals surface area contributed by atoms with Crippen LogP contribution in [0.25, 0.3) is 0 Å². The fourth-order valence-electron chi connectivity index (χ4n) is 1.99. The van der Waals surface area contributed by atoms with Gasteiger partial charge in [-0.3, -0.25) is 10.1 Å². The van der Waals surface area contributed by atoms with Crippen molar-refractivity contribution in [3.05, 3.63) is 28.3 Å². The fourth-order valence-corrected chi connectivity index (χ4v) is 1.99. The van der Waals surface area contributed by atoms with Crippen molar-refractivity contribution < 1.29 is 9.66 Å². The van der Waals surface area contributed by atoms with Gasteiger partial charge in [0.15, 0.2) is 0 Å². The monoisotopic (exact) mass is 222 g/mol. The minimum absolute atomic E-state index is 0.0916. The van der Waals surface area contributed by atoms with Gasteiger partial charge in [-0.15, -0.1) is 0 Å². The van der Waals surface area contributed by atoms with E-state index in [0.29, 0.717) is 12.3 Å². The van der Waals surface area contributed by atoms with Gasteiger partial charge in [0.1, 0.15) is 11.4 Å². The smallest absolute Gasteiger partial charge is 0.271 e. The molecule has 86 valence electrons. The highest BCUT2D eigenvalue weighted by atomic mass is 16.6. The number of nitro benzene ring substituents is 1. The highest BCUT2D eigenvalue weighted by Crippen LogP contribution is 2.38. The van der Waals surface area contributed by atoms with Crippen molar-refractivity contribution in [3.63, 3.8) is 0 Å². The molecule has 0 N–H and O–H groups in total. The number of likely N-dealkylation sites (N-methyl/N-ethyl adjacent to an activating group) is 1. The summed E-state index contributed by atoms with van der Waals surface area (Å²) in [7, 11) is 1.91. The molecule has 0 spiro atoms. The van der Waals surface area contributed by atoms with Crippen LogP contribution in [0.1, 0.15) is 13.8 Å². The molecule has 16 heavy (non-hydrogen) atoms. The van der Waals surface area contributed by atoms with E-state index in [1.807, 2.05) is 25.8 Å². The summed E-state index contributed by atoms with van der Waals surface area (Å²) in [4.78, 5) is 12.3. The summed E-state index contributed by atoms with van der Waals surface area (Å²) in [5.74, 6) is 0.698. The molecular formula is C11H14N2O3. The molecule has 1 aromatic rings. The minimum atomic E-state index is -0.395. The zero-order valence-corrected chi connectivity index (χ0v) is 9.56. The number of hydrogen-bond acceptors (Lipinski definition) is 4. The van der Waals surface area contributed by atoms with Gasteiger partial charge < -0.3 is 9.64 Å². The van der Waals surface area contributed by atoms with Crippen molar-refractivity contribution in [1.29, 1.82) is 0 Å². The maximum absolute atomic E-state index is 10.7. The minimum Gasteiger partial charge on any atom is -0.484 e. The zero-order chi connectivity index (χ0) is 11.9. The predicted molar refractivity (Wildman–Crippen MR) is 61.1 cm³/mol. The number of nitrogens with zero attached hydrogens (tertiary/aromatic N) is 2. The first kappa shape index (κ1) is 10.7. The summed E-state index contributed by atoms with van der Waals surface area (Å²) in [6.07, 6.45) is 0. The van der Waals surface area contributed by atoms with Gasteiger partial charge in [0, 0.05) is 19.2 Å². The predicted octanol–water partition coefficient (Wildman–Crippen LogP) is 2.20. The average molecular weight is 222 g/mol. The molecule has 0 fully saturated rings. The number of anilines is 1. The lowest BCUT2D eigenvalue weighted by atomic mass is 10.1. The summed E-state index contributed by atoms with van der Waals surface area (Å²) < 4.78 is 5.76. The standard InChI is InChI=1S/C11H14N2O3/c1-11(2)7-12(3)9-6-8(13(14)15)4-5-10(9)16-11/h4-6H,7H2,1-3H3. The van der Waals surface area contributed by atoms with E-state index in [2.05, 4.69) is 0 Å². The average Bonchev–Trinajstić information content (AvgIpc) is 2.15. The second-order valence-electron chi connectivity index (χ2n) is 4.63. The van der Waals surface area contributed by atoms with Crippen molar-refractivity contribution in [2.45, 2.75) is 19.4 Å². The molecule has 5 nitrogen and oxygen atoms in total. The van der Waals surface area contributed by atoms with Crippen LogP contribution < -0.4 is 9.64 Å². The molecule has 0 saturated heterocycles. The summed E-state index contributed by atoms with van der Waals surface area (Å²) in [5.41, 5.74) is 0.597. The Morgan fingerprint density at radius 2 is 2.19 bits per heavy atom. The van der Waals surface area contributed by atoms with E-state index >= 15 is 0 Å². The van der Waals surface area contributed by atoms with E-state index in [-0.39, 0.29) is 11.3 Å². The lowest BCUT2D eigenvalue weighted by Gasteiger charge is -2.38.